The summed E-state index contributed by atoms with van der Waals surface area (Å²) in [6, 6.07) is 28.4. The number of nitrogens with one attached hydrogen (secondary N) is 1. The zero-order chi connectivity index (χ0) is 24.9. The number of ether oxygens (including phenoxy) is 1. The Balaban J connectivity index is 1.59. The number of carbonyl (C=O) groups excluding carboxylic acids is 1. The van der Waals surface area contributed by atoms with Crippen molar-refractivity contribution in [3.63, 3.8) is 0 Å². The van der Waals surface area contributed by atoms with Gasteiger partial charge in [-0.1, -0.05) is 54.6 Å². The molecule has 0 saturated heterocycles. The summed E-state index contributed by atoms with van der Waals surface area (Å²) in [5, 5.41) is 4.67. The van der Waals surface area contributed by atoms with Gasteiger partial charge in [0.25, 0.3) is 5.72 Å². The number of hydrogen-bond donors (Lipinski definition) is 1. The van der Waals surface area contributed by atoms with Gasteiger partial charge in [-0.15, -0.1) is 0 Å². The molecule has 1 unspecified atom stereocenters. The van der Waals surface area contributed by atoms with Crippen molar-refractivity contribution >= 4 is 22.6 Å². The molecule has 5 aromatic rings. The molecule has 0 amide bonds. The molecule has 3 heterocycles. The number of benzene rings is 3. The highest BCUT2D eigenvalue weighted by molar-refractivity contribution is 5.97. The maximum Gasteiger partial charge on any atom is 0.342 e. The van der Waals surface area contributed by atoms with E-state index >= 15 is 0 Å². The highest BCUT2D eigenvalue weighted by atomic mass is 16.6. The Kier molecular flexibility index (Phi) is 5.15. The van der Waals surface area contributed by atoms with Crippen LogP contribution in [0, 0.1) is 13.8 Å². The summed E-state index contributed by atoms with van der Waals surface area (Å²) in [5.74, 6) is -0.381. The van der Waals surface area contributed by atoms with Gasteiger partial charge in [0.2, 0.25) is 0 Å². The summed E-state index contributed by atoms with van der Waals surface area (Å²) in [6.45, 7) is 7.12. The summed E-state index contributed by atoms with van der Waals surface area (Å²) in [6.07, 6.45) is 1.72. The molecule has 0 fully saturated rings. The van der Waals surface area contributed by atoms with Crippen LogP contribution >= 0.6 is 0 Å². The molecule has 1 aliphatic rings. The summed E-state index contributed by atoms with van der Waals surface area (Å²) in [7, 11) is 0. The molecular weight excluding hydrogens is 446 g/mol. The van der Waals surface area contributed by atoms with Crippen molar-refractivity contribution in [3.8, 4) is 11.1 Å². The molecule has 0 saturated carbocycles. The van der Waals surface area contributed by atoms with E-state index in [9.17, 15) is 4.79 Å². The van der Waals surface area contributed by atoms with Gasteiger partial charge in [-0.3, -0.25) is 4.98 Å². The first kappa shape index (κ1) is 22.1. The third-order valence-electron chi connectivity index (χ3n) is 7.15. The van der Waals surface area contributed by atoms with Crippen LogP contribution in [0.25, 0.3) is 22.0 Å². The Bertz CT molecular complexity index is 1630. The molecule has 36 heavy (non-hydrogen) atoms. The smallest absolute Gasteiger partial charge is 0.342 e. The Labute approximate surface area is 210 Å². The third kappa shape index (κ3) is 3.23. The number of carbonyl (C=O) groups is 1. The van der Waals surface area contributed by atoms with Gasteiger partial charge in [0.1, 0.15) is 5.69 Å². The number of nitrogens with zero attached hydrogens (tertiary/aromatic N) is 2. The molecule has 3 aromatic carbocycles. The van der Waals surface area contributed by atoms with Gasteiger partial charge in [0.05, 0.1) is 11.1 Å². The number of hydrogen-bond acceptors (Lipinski definition) is 4. The molecule has 0 radical (unpaired) electrons. The molecule has 1 N–H and O–H groups in total. The van der Waals surface area contributed by atoms with E-state index in [0.717, 1.165) is 45.5 Å². The number of esters is 1. The van der Waals surface area contributed by atoms with E-state index in [1.54, 1.807) is 18.3 Å². The van der Waals surface area contributed by atoms with Crippen molar-refractivity contribution in [2.24, 2.45) is 0 Å². The average Bonchev–Trinajstić information content (AvgIpc) is 3.35. The lowest BCUT2D eigenvalue weighted by Gasteiger charge is -2.31. The van der Waals surface area contributed by atoms with E-state index in [1.807, 2.05) is 36.4 Å². The Morgan fingerprint density at radius 2 is 1.69 bits per heavy atom. The molecule has 5 heteroatoms. The van der Waals surface area contributed by atoms with Gasteiger partial charge in [0.15, 0.2) is 0 Å². The topological polar surface area (TPSA) is 56.2 Å². The Morgan fingerprint density at radius 3 is 2.53 bits per heavy atom. The monoisotopic (exact) mass is 473 g/mol. The van der Waals surface area contributed by atoms with Crippen LogP contribution < -0.4 is 5.32 Å². The maximum atomic E-state index is 13.2. The van der Waals surface area contributed by atoms with Crippen LogP contribution in [0.3, 0.4) is 0 Å². The number of aryl methyl sites for hydroxylation is 2. The number of para-hydroxylation sites is 1. The quantitative estimate of drug-likeness (QED) is 0.285. The van der Waals surface area contributed by atoms with Crippen molar-refractivity contribution < 1.29 is 9.53 Å². The molecule has 6 rings (SSSR count). The number of aromatic nitrogens is 2. The van der Waals surface area contributed by atoms with E-state index in [-0.39, 0.29) is 5.97 Å². The lowest BCUT2D eigenvalue weighted by atomic mass is 9.93. The van der Waals surface area contributed by atoms with Gasteiger partial charge in [-0.2, -0.15) is 0 Å². The predicted molar refractivity (Wildman–Crippen MR) is 143 cm³/mol. The number of pyridine rings is 1. The van der Waals surface area contributed by atoms with E-state index in [0.29, 0.717) is 11.3 Å². The largest absolute Gasteiger partial charge is 0.425 e. The summed E-state index contributed by atoms with van der Waals surface area (Å²) in [5.41, 5.74) is 7.14. The van der Waals surface area contributed by atoms with E-state index in [1.165, 1.54) is 5.56 Å². The average molecular weight is 474 g/mol. The summed E-state index contributed by atoms with van der Waals surface area (Å²) >= 11 is 0. The standard InChI is InChI=1S/C31H27N3O2/c1-4-34-21(3)28(25-15-7-8-17-27(25)34)31(29-26(30(35)36-31)16-10-18-32-29)33-23-13-9-12-22(19-23)24-14-6-5-11-20(24)2/h5-19,33H,4H2,1-3H3. The number of fused-ring (bicyclic) bond motifs is 2. The minimum Gasteiger partial charge on any atom is -0.425 e. The van der Waals surface area contributed by atoms with Crippen LogP contribution in [0.2, 0.25) is 0 Å². The van der Waals surface area contributed by atoms with Crippen LogP contribution in [0.1, 0.15) is 39.8 Å². The number of rotatable bonds is 5. The molecule has 178 valence electrons. The van der Waals surface area contributed by atoms with Crippen molar-refractivity contribution in [3.05, 3.63) is 119 Å². The second-order valence-electron chi connectivity index (χ2n) is 9.21. The van der Waals surface area contributed by atoms with Crippen LogP contribution in [0.5, 0.6) is 0 Å². The maximum absolute atomic E-state index is 13.2. The molecule has 5 nitrogen and oxygen atoms in total. The van der Waals surface area contributed by atoms with E-state index < -0.39 is 5.72 Å². The number of cyclic esters (lactones) is 1. The van der Waals surface area contributed by atoms with Crippen molar-refractivity contribution in [2.45, 2.75) is 33.0 Å². The highest BCUT2D eigenvalue weighted by Gasteiger charge is 2.51. The minimum absolute atomic E-state index is 0.381. The highest BCUT2D eigenvalue weighted by Crippen LogP contribution is 2.46. The SMILES string of the molecule is CCn1c(C)c(C2(Nc3cccc(-c4ccccc4C)c3)OC(=O)c3cccnc32)c2ccccc21. The predicted octanol–water partition coefficient (Wildman–Crippen LogP) is 6.82. The van der Waals surface area contributed by atoms with Crippen molar-refractivity contribution in [1.82, 2.24) is 9.55 Å². The lowest BCUT2D eigenvalue weighted by Crippen LogP contribution is -2.38. The Hall–Kier alpha value is -4.38. The molecular formula is C31H27N3O2. The van der Waals surface area contributed by atoms with E-state index in [2.05, 4.69) is 67.1 Å². The molecule has 0 spiro atoms. The summed E-state index contributed by atoms with van der Waals surface area (Å²) in [4.78, 5) is 17.9. The zero-order valence-electron chi connectivity index (χ0n) is 20.6. The van der Waals surface area contributed by atoms with Gasteiger partial charge in [0, 0.05) is 35.0 Å². The zero-order valence-corrected chi connectivity index (χ0v) is 20.6. The van der Waals surface area contributed by atoms with Gasteiger partial charge < -0.3 is 14.6 Å². The minimum atomic E-state index is -1.26. The second kappa shape index (κ2) is 8.38. The molecule has 0 bridgehead atoms. The second-order valence-corrected chi connectivity index (χ2v) is 9.21. The van der Waals surface area contributed by atoms with Crippen LogP contribution in [0.4, 0.5) is 5.69 Å². The van der Waals surface area contributed by atoms with E-state index in [4.69, 9.17) is 9.72 Å². The first-order valence-corrected chi connectivity index (χ1v) is 12.2. The lowest BCUT2D eigenvalue weighted by molar-refractivity contribution is 0.0206. The fourth-order valence-electron chi connectivity index (χ4n) is 5.56. The van der Waals surface area contributed by atoms with Crippen LogP contribution in [0.15, 0.2) is 91.1 Å². The van der Waals surface area contributed by atoms with Crippen molar-refractivity contribution in [1.29, 1.82) is 0 Å². The first-order valence-electron chi connectivity index (χ1n) is 12.2. The van der Waals surface area contributed by atoms with Crippen LogP contribution in [-0.2, 0) is 17.0 Å². The fourth-order valence-corrected chi connectivity index (χ4v) is 5.56. The number of anilines is 1. The first-order chi connectivity index (χ1) is 17.5. The van der Waals surface area contributed by atoms with Crippen LogP contribution in [-0.4, -0.2) is 15.5 Å². The molecule has 2 aromatic heterocycles. The normalized spacial score (nSPS) is 16.7. The molecule has 0 aliphatic carbocycles. The third-order valence-corrected chi connectivity index (χ3v) is 7.15. The molecule has 1 atom stereocenters. The van der Waals surface area contributed by atoms with Gasteiger partial charge >= 0.3 is 5.97 Å². The molecule has 1 aliphatic heterocycles. The fraction of sp³-hybridized carbons (Fsp3) is 0.161. The van der Waals surface area contributed by atoms with Gasteiger partial charge in [-0.05, 0) is 67.8 Å². The van der Waals surface area contributed by atoms with Crippen molar-refractivity contribution in [2.75, 3.05) is 5.32 Å². The summed E-state index contributed by atoms with van der Waals surface area (Å²) < 4.78 is 8.56. The van der Waals surface area contributed by atoms with Gasteiger partial charge in [-0.25, -0.2) is 4.79 Å². The Morgan fingerprint density at radius 1 is 0.917 bits per heavy atom.